The molecule has 0 saturated carbocycles. The van der Waals surface area contributed by atoms with Crippen LogP contribution in [0.25, 0.3) is 0 Å². The quantitative estimate of drug-likeness (QED) is 0.718. The summed E-state index contributed by atoms with van der Waals surface area (Å²) in [7, 11) is 0. The van der Waals surface area contributed by atoms with Gasteiger partial charge in [-0.1, -0.05) is 30.3 Å². The van der Waals surface area contributed by atoms with Gasteiger partial charge in [0.1, 0.15) is 6.04 Å². The topological polar surface area (TPSA) is 61.9 Å². The Morgan fingerprint density at radius 1 is 1.19 bits per heavy atom. The second-order valence-electron chi connectivity index (χ2n) is 8.46. The van der Waals surface area contributed by atoms with Crippen LogP contribution in [0.1, 0.15) is 35.8 Å². The summed E-state index contributed by atoms with van der Waals surface area (Å²) in [6, 6.07) is 12.0. The number of amides is 2. The molecule has 3 heterocycles. The Bertz CT molecular complexity index is 886. The monoisotopic (exact) mass is 441 g/mol. The molecule has 166 valence electrons. The summed E-state index contributed by atoms with van der Waals surface area (Å²) in [5.41, 5.74) is 2.33. The van der Waals surface area contributed by atoms with Gasteiger partial charge in [0.15, 0.2) is 0 Å². The second kappa shape index (κ2) is 10.4. The molecule has 4 rings (SSSR count). The zero-order chi connectivity index (χ0) is 21.6. The van der Waals surface area contributed by atoms with E-state index in [9.17, 15) is 9.59 Å². The minimum atomic E-state index is -0.356. The average Bonchev–Trinajstić information content (AvgIpc) is 3.44. The summed E-state index contributed by atoms with van der Waals surface area (Å²) >= 11 is 1.58. The first-order chi connectivity index (χ1) is 15.1. The number of ether oxygens (including phenoxy) is 1. The molecule has 1 aromatic heterocycles. The third-order valence-corrected chi connectivity index (χ3v) is 6.85. The van der Waals surface area contributed by atoms with Gasteiger partial charge in [0.25, 0.3) is 0 Å². The minimum absolute atomic E-state index is 0.0434. The number of hydrogen-bond acceptors (Lipinski definition) is 5. The van der Waals surface area contributed by atoms with Crippen molar-refractivity contribution >= 4 is 23.2 Å². The average molecular weight is 442 g/mol. The first kappa shape index (κ1) is 22.0. The van der Waals surface area contributed by atoms with Crippen LogP contribution in [0.3, 0.4) is 0 Å². The van der Waals surface area contributed by atoms with E-state index < -0.39 is 0 Å². The smallest absolute Gasteiger partial charge is 0.243 e. The highest BCUT2D eigenvalue weighted by Gasteiger charge is 2.33. The van der Waals surface area contributed by atoms with Gasteiger partial charge in [0.05, 0.1) is 19.1 Å². The maximum absolute atomic E-state index is 12.8. The normalized spacial score (nSPS) is 21.9. The summed E-state index contributed by atoms with van der Waals surface area (Å²) in [5, 5.41) is 5.04. The molecule has 31 heavy (non-hydrogen) atoms. The number of thiophene rings is 1. The largest absolute Gasteiger partial charge is 0.376 e. The van der Waals surface area contributed by atoms with Gasteiger partial charge >= 0.3 is 0 Å². The number of nitrogens with one attached hydrogen (secondary N) is 1. The van der Waals surface area contributed by atoms with Crippen molar-refractivity contribution in [1.29, 1.82) is 0 Å². The molecular weight excluding hydrogens is 410 g/mol. The van der Waals surface area contributed by atoms with Crippen molar-refractivity contribution in [2.24, 2.45) is 0 Å². The van der Waals surface area contributed by atoms with E-state index in [4.69, 9.17) is 4.74 Å². The van der Waals surface area contributed by atoms with Crippen LogP contribution in [0.5, 0.6) is 0 Å². The van der Waals surface area contributed by atoms with Gasteiger partial charge < -0.3 is 15.0 Å². The molecule has 0 aliphatic carbocycles. The van der Waals surface area contributed by atoms with E-state index in [1.807, 2.05) is 29.6 Å². The van der Waals surface area contributed by atoms with Gasteiger partial charge in [-0.05, 0) is 42.3 Å². The van der Waals surface area contributed by atoms with Crippen molar-refractivity contribution in [3.63, 3.8) is 0 Å². The molecule has 1 aromatic carbocycles. The standard InChI is InChI=1S/C24H31N3O3S/c1-18-16-26(10-11-30-18)17-20-6-2-5-19(13-20)15-25-24(29)22-8-3-9-27(22)23(28)14-21-7-4-12-31-21/h2,4-7,12-13,18,22H,3,8-11,14-17H2,1H3,(H,25,29). The lowest BCUT2D eigenvalue weighted by molar-refractivity contribution is -0.138. The van der Waals surface area contributed by atoms with E-state index in [1.54, 1.807) is 16.2 Å². The van der Waals surface area contributed by atoms with Crippen molar-refractivity contribution in [2.45, 2.75) is 51.4 Å². The zero-order valence-corrected chi connectivity index (χ0v) is 18.9. The van der Waals surface area contributed by atoms with E-state index in [-0.39, 0.29) is 24.0 Å². The Morgan fingerprint density at radius 2 is 2.06 bits per heavy atom. The van der Waals surface area contributed by atoms with Crippen molar-refractivity contribution < 1.29 is 14.3 Å². The third kappa shape index (κ3) is 5.93. The maximum Gasteiger partial charge on any atom is 0.243 e. The number of carbonyl (C=O) groups excluding carboxylic acids is 2. The number of hydrogen-bond donors (Lipinski definition) is 1. The van der Waals surface area contributed by atoms with Crippen molar-refractivity contribution in [1.82, 2.24) is 15.1 Å². The van der Waals surface area contributed by atoms with Crippen LogP contribution in [0.2, 0.25) is 0 Å². The second-order valence-corrected chi connectivity index (χ2v) is 9.49. The molecule has 0 radical (unpaired) electrons. The number of nitrogens with zero attached hydrogens (tertiary/aromatic N) is 2. The molecule has 7 heteroatoms. The first-order valence-electron chi connectivity index (χ1n) is 11.1. The van der Waals surface area contributed by atoms with E-state index in [1.165, 1.54) is 5.56 Å². The van der Waals surface area contributed by atoms with Gasteiger partial charge in [0, 0.05) is 37.6 Å². The highest BCUT2D eigenvalue weighted by molar-refractivity contribution is 7.10. The molecule has 2 unspecified atom stereocenters. The predicted octanol–water partition coefficient (Wildman–Crippen LogP) is 2.82. The Labute approximate surface area is 188 Å². The van der Waals surface area contributed by atoms with Crippen LogP contribution in [-0.2, 0) is 33.8 Å². The van der Waals surface area contributed by atoms with Gasteiger partial charge in [-0.3, -0.25) is 14.5 Å². The molecule has 2 fully saturated rings. The predicted molar refractivity (Wildman–Crippen MR) is 122 cm³/mol. The van der Waals surface area contributed by atoms with Crippen LogP contribution in [0.15, 0.2) is 41.8 Å². The summed E-state index contributed by atoms with van der Waals surface area (Å²) < 4.78 is 5.62. The molecule has 1 N–H and O–H groups in total. The molecule has 0 spiro atoms. The Morgan fingerprint density at radius 3 is 2.87 bits per heavy atom. The molecule has 2 aliphatic rings. The lowest BCUT2D eigenvalue weighted by Crippen LogP contribution is -2.46. The Balaban J connectivity index is 1.30. The molecule has 2 aliphatic heterocycles. The van der Waals surface area contributed by atoms with E-state index in [0.717, 1.165) is 49.5 Å². The zero-order valence-electron chi connectivity index (χ0n) is 18.1. The molecular formula is C24H31N3O3S. The van der Waals surface area contributed by atoms with Gasteiger partial charge in [-0.15, -0.1) is 11.3 Å². The SMILES string of the molecule is CC1CN(Cc2cccc(CNC(=O)C3CCCN3C(=O)Cc3cccs3)c2)CCO1. The van der Waals surface area contributed by atoms with E-state index in [0.29, 0.717) is 19.5 Å². The number of rotatable bonds is 7. The summed E-state index contributed by atoms with van der Waals surface area (Å²) in [6.07, 6.45) is 2.26. The lowest BCUT2D eigenvalue weighted by Gasteiger charge is -2.31. The summed E-state index contributed by atoms with van der Waals surface area (Å²) in [6.45, 7) is 6.81. The number of morpholine rings is 1. The van der Waals surface area contributed by atoms with E-state index >= 15 is 0 Å². The minimum Gasteiger partial charge on any atom is -0.376 e. The van der Waals surface area contributed by atoms with Gasteiger partial charge in [-0.2, -0.15) is 0 Å². The maximum atomic E-state index is 12.8. The van der Waals surface area contributed by atoms with Gasteiger partial charge in [0.2, 0.25) is 11.8 Å². The number of carbonyl (C=O) groups is 2. The lowest BCUT2D eigenvalue weighted by atomic mass is 10.1. The third-order valence-electron chi connectivity index (χ3n) is 5.97. The van der Waals surface area contributed by atoms with Crippen LogP contribution in [0.4, 0.5) is 0 Å². The van der Waals surface area contributed by atoms with Crippen LogP contribution in [-0.4, -0.2) is 60.0 Å². The number of benzene rings is 1. The Kier molecular flexibility index (Phi) is 7.37. The van der Waals surface area contributed by atoms with Crippen LogP contribution < -0.4 is 5.32 Å². The highest BCUT2D eigenvalue weighted by Crippen LogP contribution is 2.20. The van der Waals surface area contributed by atoms with Crippen LogP contribution in [0, 0.1) is 0 Å². The van der Waals surface area contributed by atoms with Crippen molar-refractivity contribution in [3.8, 4) is 0 Å². The Hall–Kier alpha value is -2.22. The van der Waals surface area contributed by atoms with E-state index in [2.05, 4.69) is 29.3 Å². The molecule has 2 aromatic rings. The molecule has 2 atom stereocenters. The molecule has 2 saturated heterocycles. The first-order valence-corrected chi connectivity index (χ1v) is 12.0. The molecule has 6 nitrogen and oxygen atoms in total. The fraction of sp³-hybridized carbons (Fsp3) is 0.500. The summed E-state index contributed by atoms with van der Waals surface area (Å²) in [4.78, 5) is 30.8. The molecule has 2 amide bonds. The van der Waals surface area contributed by atoms with Crippen LogP contribution >= 0.6 is 11.3 Å². The fourth-order valence-corrected chi connectivity index (χ4v) is 5.13. The molecule has 0 bridgehead atoms. The fourth-order valence-electron chi connectivity index (χ4n) is 4.44. The van der Waals surface area contributed by atoms with Gasteiger partial charge in [-0.25, -0.2) is 0 Å². The van der Waals surface area contributed by atoms with Crippen molar-refractivity contribution in [3.05, 3.63) is 57.8 Å². The summed E-state index contributed by atoms with van der Waals surface area (Å²) in [5.74, 6) is -0.00808. The van der Waals surface area contributed by atoms with Crippen molar-refractivity contribution in [2.75, 3.05) is 26.2 Å². The number of likely N-dealkylation sites (tertiary alicyclic amines) is 1. The highest BCUT2D eigenvalue weighted by atomic mass is 32.1.